The number of fused-ring (bicyclic) bond motifs is 1. The highest BCUT2D eigenvalue weighted by molar-refractivity contribution is 5.78. The minimum atomic E-state index is -0.379. The summed E-state index contributed by atoms with van der Waals surface area (Å²) in [5.74, 6) is 0.731. The molecule has 0 unspecified atom stereocenters. The summed E-state index contributed by atoms with van der Waals surface area (Å²) in [6.07, 6.45) is 5.09. The van der Waals surface area contributed by atoms with Crippen molar-refractivity contribution in [2.24, 2.45) is 19.8 Å². The van der Waals surface area contributed by atoms with E-state index >= 15 is 0 Å². The molecular weight excluding hydrogens is 284 g/mol. The summed E-state index contributed by atoms with van der Waals surface area (Å²) >= 11 is 0. The first-order valence-corrected chi connectivity index (χ1v) is 7.48. The van der Waals surface area contributed by atoms with Crippen LogP contribution in [0.1, 0.15) is 19.3 Å². The molecule has 22 heavy (non-hydrogen) atoms. The normalized spacial score (nSPS) is 15.5. The lowest BCUT2D eigenvalue weighted by atomic mass is 10.1. The summed E-state index contributed by atoms with van der Waals surface area (Å²) in [5.41, 5.74) is 6.27. The first-order valence-electron chi connectivity index (χ1n) is 7.48. The van der Waals surface area contributed by atoms with Crippen molar-refractivity contribution in [1.82, 2.24) is 18.7 Å². The van der Waals surface area contributed by atoms with Crippen LogP contribution < -0.4 is 17.0 Å². The number of piperidine rings is 1. The zero-order valence-electron chi connectivity index (χ0n) is 12.9. The third-order valence-electron chi connectivity index (χ3n) is 4.31. The van der Waals surface area contributed by atoms with Gasteiger partial charge in [-0.1, -0.05) is 0 Å². The summed E-state index contributed by atoms with van der Waals surface area (Å²) in [6.45, 7) is 2.31. The van der Waals surface area contributed by atoms with Gasteiger partial charge >= 0.3 is 5.69 Å². The van der Waals surface area contributed by atoms with Gasteiger partial charge < -0.3 is 4.57 Å². The van der Waals surface area contributed by atoms with Crippen LogP contribution in [0.5, 0.6) is 0 Å². The zero-order chi connectivity index (χ0) is 15.9. The molecule has 118 valence electrons. The number of nitrogens with two attached hydrogens (primary N) is 1. The molecule has 8 heteroatoms. The Kier molecular flexibility index (Phi) is 3.59. The monoisotopic (exact) mass is 305 g/mol. The summed E-state index contributed by atoms with van der Waals surface area (Å²) in [7, 11) is 3.08. The van der Waals surface area contributed by atoms with E-state index in [-0.39, 0.29) is 11.2 Å². The molecule has 0 atom stereocenters. The SMILES string of the molecule is Cn1c(=O)c2c(ncn2CC(N)=[N+]2CCCCC2)n(C)c1=O. The summed E-state index contributed by atoms with van der Waals surface area (Å²) in [6, 6.07) is 0. The molecule has 1 aliphatic heterocycles. The van der Waals surface area contributed by atoms with Gasteiger partial charge in [0.15, 0.2) is 11.2 Å². The molecule has 0 saturated carbocycles. The van der Waals surface area contributed by atoms with Crippen LogP contribution in [-0.4, -0.2) is 42.2 Å². The van der Waals surface area contributed by atoms with Gasteiger partial charge in [-0.25, -0.2) is 9.78 Å². The largest absolute Gasteiger partial charge is 0.332 e. The van der Waals surface area contributed by atoms with Crippen molar-refractivity contribution in [2.75, 3.05) is 13.1 Å². The molecule has 2 aromatic rings. The smallest absolute Gasteiger partial charge is 0.312 e. The maximum atomic E-state index is 12.4. The second-order valence-corrected chi connectivity index (χ2v) is 5.79. The molecule has 0 amide bonds. The molecule has 1 fully saturated rings. The van der Waals surface area contributed by atoms with Gasteiger partial charge in [-0.3, -0.25) is 24.2 Å². The number of rotatable bonds is 2. The minimum absolute atomic E-state index is 0.345. The van der Waals surface area contributed by atoms with Crippen molar-refractivity contribution >= 4 is 17.0 Å². The average Bonchev–Trinajstić information content (AvgIpc) is 2.95. The lowest BCUT2D eigenvalue weighted by Gasteiger charge is -2.15. The molecule has 0 bridgehead atoms. The van der Waals surface area contributed by atoms with Gasteiger partial charge in [-0.2, -0.15) is 0 Å². The topological polar surface area (TPSA) is 90.8 Å². The molecule has 2 aromatic heterocycles. The molecular formula is C14H21N6O2+. The Balaban J connectivity index is 2.09. The summed E-state index contributed by atoms with van der Waals surface area (Å²) in [5, 5.41) is 0. The van der Waals surface area contributed by atoms with Crippen LogP contribution in [0.15, 0.2) is 15.9 Å². The van der Waals surface area contributed by atoms with E-state index in [0.29, 0.717) is 17.7 Å². The van der Waals surface area contributed by atoms with Crippen LogP contribution in [0.25, 0.3) is 11.2 Å². The first-order chi connectivity index (χ1) is 10.5. The van der Waals surface area contributed by atoms with Crippen LogP contribution in [0, 0.1) is 0 Å². The van der Waals surface area contributed by atoms with Crippen molar-refractivity contribution in [3.05, 3.63) is 27.2 Å². The van der Waals surface area contributed by atoms with Gasteiger partial charge in [0.2, 0.25) is 0 Å². The van der Waals surface area contributed by atoms with Gasteiger partial charge in [0.25, 0.3) is 11.4 Å². The lowest BCUT2D eigenvalue weighted by molar-refractivity contribution is -0.539. The van der Waals surface area contributed by atoms with E-state index in [4.69, 9.17) is 5.73 Å². The Morgan fingerprint density at radius 3 is 2.59 bits per heavy atom. The van der Waals surface area contributed by atoms with Crippen LogP contribution in [0.2, 0.25) is 0 Å². The van der Waals surface area contributed by atoms with Gasteiger partial charge in [0.05, 0.1) is 19.4 Å². The fraction of sp³-hybridized carbons (Fsp3) is 0.571. The zero-order valence-corrected chi connectivity index (χ0v) is 12.9. The number of aromatic nitrogens is 4. The molecule has 3 rings (SSSR count). The van der Waals surface area contributed by atoms with Crippen LogP contribution >= 0.6 is 0 Å². The average molecular weight is 305 g/mol. The third-order valence-corrected chi connectivity index (χ3v) is 4.31. The van der Waals surface area contributed by atoms with Gasteiger partial charge in [0.1, 0.15) is 6.54 Å². The molecule has 0 aromatic carbocycles. The number of hydrogen-bond donors (Lipinski definition) is 1. The van der Waals surface area contributed by atoms with Gasteiger partial charge in [0, 0.05) is 14.1 Å². The highest BCUT2D eigenvalue weighted by atomic mass is 16.2. The molecule has 1 aliphatic rings. The van der Waals surface area contributed by atoms with E-state index in [1.165, 1.54) is 18.0 Å². The molecule has 3 heterocycles. The van der Waals surface area contributed by atoms with E-state index in [1.54, 1.807) is 17.9 Å². The Morgan fingerprint density at radius 2 is 1.91 bits per heavy atom. The highest BCUT2D eigenvalue weighted by Gasteiger charge is 2.18. The highest BCUT2D eigenvalue weighted by Crippen LogP contribution is 2.07. The van der Waals surface area contributed by atoms with Crippen molar-refractivity contribution in [3.8, 4) is 0 Å². The maximum Gasteiger partial charge on any atom is 0.332 e. The van der Waals surface area contributed by atoms with E-state index in [9.17, 15) is 9.59 Å². The van der Waals surface area contributed by atoms with Crippen LogP contribution in [0.4, 0.5) is 0 Å². The van der Waals surface area contributed by atoms with E-state index in [1.807, 2.05) is 0 Å². The second kappa shape index (κ2) is 5.43. The van der Waals surface area contributed by atoms with Crippen molar-refractivity contribution in [3.63, 3.8) is 0 Å². The number of hydrogen-bond acceptors (Lipinski definition) is 3. The lowest BCUT2D eigenvalue weighted by Crippen LogP contribution is -2.39. The maximum absolute atomic E-state index is 12.4. The van der Waals surface area contributed by atoms with Crippen molar-refractivity contribution in [1.29, 1.82) is 0 Å². The van der Waals surface area contributed by atoms with E-state index < -0.39 is 0 Å². The Morgan fingerprint density at radius 1 is 1.23 bits per heavy atom. The molecule has 1 saturated heterocycles. The molecule has 0 spiro atoms. The predicted molar refractivity (Wildman–Crippen MR) is 83.3 cm³/mol. The number of aryl methyl sites for hydroxylation is 1. The second-order valence-electron chi connectivity index (χ2n) is 5.79. The quantitative estimate of drug-likeness (QED) is 0.568. The molecule has 0 radical (unpaired) electrons. The summed E-state index contributed by atoms with van der Waals surface area (Å²) in [4.78, 5) is 28.5. The standard InChI is InChI=1S/C14H20N6O2/c1-17-12-11(13(21)18(2)14(17)22)20(9-16-12)8-10(15)19-6-4-3-5-7-19/h9,15H,3-8H2,1-2H3/p+1. The molecule has 2 N–H and O–H groups in total. The van der Waals surface area contributed by atoms with Crippen LogP contribution in [-0.2, 0) is 20.6 Å². The van der Waals surface area contributed by atoms with Gasteiger partial charge in [-0.15, -0.1) is 0 Å². The third kappa shape index (κ3) is 2.24. The molecule has 8 nitrogen and oxygen atoms in total. The molecule has 0 aliphatic carbocycles. The summed E-state index contributed by atoms with van der Waals surface area (Å²) < 4.78 is 6.35. The van der Waals surface area contributed by atoms with Crippen molar-refractivity contribution < 1.29 is 4.58 Å². The fourth-order valence-electron chi connectivity index (χ4n) is 2.97. The van der Waals surface area contributed by atoms with E-state index in [2.05, 4.69) is 9.56 Å². The Bertz CT molecular complexity index is 862. The predicted octanol–water partition coefficient (Wildman–Crippen LogP) is -1.01. The van der Waals surface area contributed by atoms with Crippen LogP contribution in [0.3, 0.4) is 0 Å². The Labute approximate surface area is 127 Å². The van der Waals surface area contributed by atoms with E-state index in [0.717, 1.165) is 36.3 Å². The first kappa shape index (κ1) is 14.6. The number of nitrogens with zero attached hydrogens (tertiary/aromatic N) is 5. The van der Waals surface area contributed by atoms with Gasteiger partial charge in [-0.05, 0) is 19.3 Å². The fourth-order valence-corrected chi connectivity index (χ4v) is 2.97. The number of amidine groups is 1. The Hall–Kier alpha value is -2.38. The van der Waals surface area contributed by atoms with Crippen molar-refractivity contribution in [2.45, 2.75) is 25.8 Å². The minimum Gasteiger partial charge on any atom is -0.312 e. The number of imidazole rings is 1.